The number of furan rings is 1. The predicted molar refractivity (Wildman–Crippen MR) is 92.4 cm³/mol. The monoisotopic (exact) mass is 343 g/mol. The molecular formula is C17H21N5O3. The molecule has 1 atom stereocenters. The van der Waals surface area contributed by atoms with Gasteiger partial charge in [-0.15, -0.1) is 0 Å². The van der Waals surface area contributed by atoms with Gasteiger partial charge in [-0.3, -0.25) is 4.79 Å². The summed E-state index contributed by atoms with van der Waals surface area (Å²) < 4.78 is 4.99. The van der Waals surface area contributed by atoms with Gasteiger partial charge >= 0.3 is 6.03 Å². The smallest absolute Gasteiger partial charge is 0.315 e. The van der Waals surface area contributed by atoms with E-state index in [2.05, 4.69) is 25.8 Å². The average Bonchev–Trinajstić information content (AvgIpc) is 3.31. The highest BCUT2D eigenvalue weighted by molar-refractivity contribution is 5.91. The summed E-state index contributed by atoms with van der Waals surface area (Å²) in [5.74, 6) is 0.881. The molecule has 8 nitrogen and oxygen atoms in total. The number of pyridine rings is 1. The van der Waals surface area contributed by atoms with Gasteiger partial charge in [-0.1, -0.05) is 6.07 Å². The molecule has 1 fully saturated rings. The summed E-state index contributed by atoms with van der Waals surface area (Å²) in [7, 11) is 0. The molecule has 1 aliphatic rings. The highest BCUT2D eigenvalue weighted by Gasteiger charge is 2.24. The molecule has 3 amide bonds. The van der Waals surface area contributed by atoms with Gasteiger partial charge in [0.25, 0.3) is 5.91 Å². The molecule has 0 aromatic carbocycles. The first-order valence-electron chi connectivity index (χ1n) is 8.24. The van der Waals surface area contributed by atoms with Crippen molar-refractivity contribution in [3.8, 4) is 0 Å². The molecule has 0 aliphatic carbocycles. The van der Waals surface area contributed by atoms with E-state index in [1.807, 2.05) is 18.2 Å². The lowest BCUT2D eigenvalue weighted by atomic mass is 10.3. The highest BCUT2D eigenvalue weighted by Crippen LogP contribution is 2.17. The fourth-order valence-electron chi connectivity index (χ4n) is 2.71. The van der Waals surface area contributed by atoms with Crippen molar-refractivity contribution < 1.29 is 14.0 Å². The molecule has 0 bridgehead atoms. The summed E-state index contributed by atoms with van der Waals surface area (Å²) in [5.41, 5.74) is 0. The lowest BCUT2D eigenvalue weighted by Crippen LogP contribution is -2.45. The van der Waals surface area contributed by atoms with Crippen LogP contribution in [0, 0.1) is 0 Å². The minimum absolute atomic E-state index is 0.0831. The molecule has 132 valence electrons. The lowest BCUT2D eigenvalue weighted by Gasteiger charge is -2.18. The maximum atomic E-state index is 11.9. The summed E-state index contributed by atoms with van der Waals surface area (Å²) in [6.45, 7) is 2.27. The Labute approximate surface area is 145 Å². The Bertz CT molecular complexity index is 690. The summed E-state index contributed by atoms with van der Waals surface area (Å²) in [6.07, 6.45) is 4.08. The Morgan fingerprint density at radius 2 is 2.08 bits per heavy atom. The van der Waals surface area contributed by atoms with Crippen molar-refractivity contribution in [2.75, 3.05) is 31.1 Å². The van der Waals surface area contributed by atoms with E-state index < -0.39 is 0 Å². The van der Waals surface area contributed by atoms with Crippen LogP contribution < -0.4 is 20.9 Å². The molecule has 1 saturated heterocycles. The predicted octanol–water partition coefficient (Wildman–Crippen LogP) is 0.982. The third-order valence-corrected chi connectivity index (χ3v) is 3.94. The third-order valence-electron chi connectivity index (χ3n) is 3.94. The van der Waals surface area contributed by atoms with Gasteiger partial charge in [0, 0.05) is 38.4 Å². The Morgan fingerprint density at radius 1 is 1.20 bits per heavy atom. The topological polar surface area (TPSA) is 99.5 Å². The molecule has 0 unspecified atom stereocenters. The quantitative estimate of drug-likeness (QED) is 0.679. The number of anilines is 1. The van der Waals surface area contributed by atoms with Crippen LogP contribution in [0.5, 0.6) is 0 Å². The maximum absolute atomic E-state index is 11.9. The summed E-state index contributed by atoms with van der Waals surface area (Å²) >= 11 is 0. The van der Waals surface area contributed by atoms with Crippen molar-refractivity contribution in [1.82, 2.24) is 20.9 Å². The van der Waals surface area contributed by atoms with Gasteiger partial charge in [0.15, 0.2) is 5.76 Å². The van der Waals surface area contributed by atoms with E-state index in [0.717, 1.165) is 25.3 Å². The number of hydrogen-bond acceptors (Lipinski definition) is 5. The normalized spacial score (nSPS) is 16.5. The minimum Gasteiger partial charge on any atom is -0.459 e. The van der Waals surface area contributed by atoms with Crippen molar-refractivity contribution in [2.24, 2.45) is 0 Å². The molecule has 0 radical (unpaired) electrons. The molecule has 3 N–H and O–H groups in total. The van der Waals surface area contributed by atoms with Gasteiger partial charge in [-0.2, -0.15) is 0 Å². The largest absolute Gasteiger partial charge is 0.459 e. The molecule has 1 aliphatic heterocycles. The number of nitrogens with zero attached hydrogens (tertiary/aromatic N) is 2. The lowest BCUT2D eigenvalue weighted by molar-refractivity contribution is 0.0926. The number of nitrogens with one attached hydrogen (secondary N) is 3. The third kappa shape index (κ3) is 4.72. The zero-order chi connectivity index (χ0) is 17.5. The van der Waals surface area contributed by atoms with E-state index in [1.165, 1.54) is 6.26 Å². The first-order valence-corrected chi connectivity index (χ1v) is 8.24. The van der Waals surface area contributed by atoms with Crippen LogP contribution in [0.3, 0.4) is 0 Å². The highest BCUT2D eigenvalue weighted by atomic mass is 16.3. The zero-order valence-corrected chi connectivity index (χ0v) is 13.8. The molecule has 25 heavy (non-hydrogen) atoms. The van der Waals surface area contributed by atoms with E-state index >= 15 is 0 Å². The molecule has 8 heteroatoms. The van der Waals surface area contributed by atoms with Crippen molar-refractivity contribution in [2.45, 2.75) is 12.5 Å². The van der Waals surface area contributed by atoms with E-state index in [0.29, 0.717) is 13.1 Å². The molecule has 3 rings (SSSR count). The standard InChI is InChI=1S/C17H21N5O3/c23-16(14-4-3-11-25-14)19-8-9-20-17(24)21-13-6-10-22(12-13)15-5-1-2-7-18-15/h1-5,7,11,13H,6,8-10,12H2,(H,19,23)(H2,20,21,24)/t13-/m1/s1. The van der Waals surface area contributed by atoms with E-state index in [1.54, 1.807) is 18.3 Å². The Hall–Kier alpha value is -3.03. The fraction of sp³-hybridized carbons (Fsp3) is 0.353. The second-order valence-electron chi connectivity index (χ2n) is 5.75. The van der Waals surface area contributed by atoms with Crippen LogP contribution in [0.15, 0.2) is 47.2 Å². The van der Waals surface area contributed by atoms with Gasteiger partial charge in [-0.25, -0.2) is 9.78 Å². The molecule has 0 spiro atoms. The van der Waals surface area contributed by atoms with Crippen LogP contribution in [-0.4, -0.2) is 49.1 Å². The first-order chi connectivity index (χ1) is 12.2. The second kappa shape index (κ2) is 8.18. The first kappa shape index (κ1) is 16.8. The molecular weight excluding hydrogens is 322 g/mol. The number of aromatic nitrogens is 1. The van der Waals surface area contributed by atoms with Crippen LogP contribution in [0.2, 0.25) is 0 Å². The van der Waals surface area contributed by atoms with Gasteiger partial charge < -0.3 is 25.3 Å². The zero-order valence-electron chi connectivity index (χ0n) is 13.8. The van der Waals surface area contributed by atoms with Crippen LogP contribution in [0.25, 0.3) is 0 Å². The number of carbonyl (C=O) groups is 2. The molecule has 2 aromatic rings. The Kier molecular flexibility index (Phi) is 5.50. The Balaban J connectivity index is 1.32. The Morgan fingerprint density at radius 3 is 2.84 bits per heavy atom. The fourth-order valence-corrected chi connectivity index (χ4v) is 2.71. The van der Waals surface area contributed by atoms with Gasteiger partial charge in [0.05, 0.1) is 6.26 Å². The summed E-state index contributed by atoms with van der Waals surface area (Å²) in [6, 6.07) is 8.88. The van der Waals surface area contributed by atoms with Crippen LogP contribution in [0.1, 0.15) is 17.0 Å². The van der Waals surface area contributed by atoms with E-state index in [9.17, 15) is 9.59 Å². The number of carbonyl (C=O) groups excluding carboxylic acids is 2. The molecule has 2 aromatic heterocycles. The van der Waals surface area contributed by atoms with Crippen LogP contribution in [0.4, 0.5) is 10.6 Å². The van der Waals surface area contributed by atoms with E-state index in [-0.39, 0.29) is 23.7 Å². The van der Waals surface area contributed by atoms with Gasteiger partial charge in [0.1, 0.15) is 5.82 Å². The van der Waals surface area contributed by atoms with Crippen molar-refractivity contribution in [3.63, 3.8) is 0 Å². The SMILES string of the molecule is O=C(NCCNC(=O)c1ccco1)N[C@@H]1CCN(c2ccccn2)C1. The summed E-state index contributed by atoms with van der Waals surface area (Å²) in [5, 5.41) is 8.35. The maximum Gasteiger partial charge on any atom is 0.315 e. The second-order valence-corrected chi connectivity index (χ2v) is 5.75. The van der Waals surface area contributed by atoms with Crippen molar-refractivity contribution >= 4 is 17.8 Å². The van der Waals surface area contributed by atoms with Gasteiger partial charge in [-0.05, 0) is 30.7 Å². The number of urea groups is 1. The molecule has 3 heterocycles. The average molecular weight is 343 g/mol. The molecule has 0 saturated carbocycles. The summed E-state index contributed by atoms with van der Waals surface area (Å²) in [4.78, 5) is 30.1. The van der Waals surface area contributed by atoms with Crippen LogP contribution >= 0.6 is 0 Å². The minimum atomic E-state index is -0.297. The number of rotatable bonds is 6. The van der Waals surface area contributed by atoms with E-state index in [4.69, 9.17) is 4.42 Å². The van der Waals surface area contributed by atoms with Crippen molar-refractivity contribution in [1.29, 1.82) is 0 Å². The number of amides is 3. The van der Waals surface area contributed by atoms with Gasteiger partial charge in [0.2, 0.25) is 0 Å². The van der Waals surface area contributed by atoms with Crippen LogP contribution in [-0.2, 0) is 0 Å². The van der Waals surface area contributed by atoms with Crippen molar-refractivity contribution in [3.05, 3.63) is 48.6 Å². The number of hydrogen-bond donors (Lipinski definition) is 3.